The number of likely N-dealkylation sites (N-methyl/N-ethyl adjacent to an activating group) is 1. The Morgan fingerprint density at radius 3 is 2.54 bits per heavy atom. The maximum Gasteiger partial charge on any atom is 0.243 e. The maximum absolute atomic E-state index is 12.9. The summed E-state index contributed by atoms with van der Waals surface area (Å²) in [6.45, 7) is -0.420. The van der Waals surface area contributed by atoms with Gasteiger partial charge >= 0.3 is 0 Å². The topological polar surface area (TPSA) is 90.3 Å². The Balaban J connectivity index is 2.07. The zero-order valence-electron chi connectivity index (χ0n) is 12.7. The minimum absolute atomic E-state index is 0.106. The van der Waals surface area contributed by atoms with Gasteiger partial charge in [-0.3, -0.25) is 4.79 Å². The molecule has 2 aromatic carbocycles. The largest absolute Gasteiger partial charge is 0.325 e. The number of rotatable bonds is 5. The molecule has 0 radical (unpaired) electrons. The summed E-state index contributed by atoms with van der Waals surface area (Å²) < 4.78 is 38.4. The highest BCUT2D eigenvalue weighted by Gasteiger charge is 2.23. The maximum atomic E-state index is 12.9. The number of carbonyl (C=O) groups is 1. The standard InChI is InChI=1S/C16H14FN3O3S/c1-20(24(22,23)15-7-5-13(17)6-8-15)11-16(21)19-14-4-2-3-12(9-14)10-18/h2-9H,11H2,1H3,(H,19,21). The second-order valence-corrected chi connectivity index (χ2v) is 7.00. The van der Waals surface area contributed by atoms with Gasteiger partial charge in [-0.05, 0) is 42.5 Å². The van der Waals surface area contributed by atoms with Gasteiger partial charge in [0, 0.05) is 12.7 Å². The van der Waals surface area contributed by atoms with Crippen molar-refractivity contribution in [2.75, 3.05) is 18.9 Å². The summed E-state index contributed by atoms with van der Waals surface area (Å²) in [5.41, 5.74) is 0.770. The molecule has 24 heavy (non-hydrogen) atoms. The lowest BCUT2D eigenvalue weighted by molar-refractivity contribution is -0.116. The highest BCUT2D eigenvalue weighted by Crippen LogP contribution is 2.15. The van der Waals surface area contributed by atoms with Crippen molar-refractivity contribution in [3.8, 4) is 6.07 Å². The molecule has 1 amide bonds. The Kier molecular flexibility index (Phi) is 5.28. The first-order valence-corrected chi connectivity index (χ1v) is 8.29. The lowest BCUT2D eigenvalue weighted by Crippen LogP contribution is -2.35. The molecule has 0 heterocycles. The molecule has 0 saturated heterocycles. The molecule has 0 aliphatic rings. The molecule has 0 spiro atoms. The molecule has 1 N–H and O–H groups in total. The third kappa shape index (κ3) is 4.16. The smallest absolute Gasteiger partial charge is 0.243 e. The molecule has 2 aromatic rings. The van der Waals surface area contributed by atoms with E-state index in [9.17, 15) is 17.6 Å². The van der Waals surface area contributed by atoms with Gasteiger partial charge in [0.1, 0.15) is 5.82 Å². The van der Waals surface area contributed by atoms with Crippen molar-refractivity contribution in [2.24, 2.45) is 0 Å². The number of benzene rings is 2. The fourth-order valence-corrected chi connectivity index (χ4v) is 3.07. The molecule has 2 rings (SSSR count). The lowest BCUT2D eigenvalue weighted by Gasteiger charge is -2.17. The van der Waals surface area contributed by atoms with Gasteiger partial charge in [0.05, 0.1) is 23.1 Å². The van der Waals surface area contributed by atoms with Crippen LogP contribution >= 0.6 is 0 Å². The van der Waals surface area contributed by atoms with Crippen LogP contribution in [0.3, 0.4) is 0 Å². The van der Waals surface area contributed by atoms with E-state index in [0.717, 1.165) is 28.6 Å². The summed E-state index contributed by atoms with van der Waals surface area (Å²) in [4.78, 5) is 11.9. The third-order valence-electron chi connectivity index (χ3n) is 3.16. The van der Waals surface area contributed by atoms with Crippen LogP contribution in [0.1, 0.15) is 5.56 Å². The van der Waals surface area contributed by atoms with E-state index in [-0.39, 0.29) is 4.90 Å². The average molecular weight is 347 g/mol. The molecule has 8 heteroatoms. The van der Waals surface area contributed by atoms with E-state index in [0.29, 0.717) is 11.3 Å². The number of amides is 1. The highest BCUT2D eigenvalue weighted by atomic mass is 32.2. The van der Waals surface area contributed by atoms with Crippen LogP contribution in [0.25, 0.3) is 0 Å². The summed E-state index contributed by atoms with van der Waals surface area (Å²) in [5, 5.41) is 11.3. The Hall–Kier alpha value is -2.76. The van der Waals surface area contributed by atoms with Gasteiger partial charge in [0.25, 0.3) is 0 Å². The molecule has 0 fully saturated rings. The fraction of sp³-hybridized carbons (Fsp3) is 0.125. The first-order valence-electron chi connectivity index (χ1n) is 6.85. The summed E-state index contributed by atoms with van der Waals surface area (Å²) in [7, 11) is -2.65. The van der Waals surface area contributed by atoms with Crippen molar-refractivity contribution >= 4 is 21.6 Å². The van der Waals surface area contributed by atoms with Crippen LogP contribution in [-0.2, 0) is 14.8 Å². The number of hydrogen-bond donors (Lipinski definition) is 1. The Bertz CT molecular complexity index is 890. The number of carbonyl (C=O) groups excluding carboxylic acids is 1. The van der Waals surface area contributed by atoms with Crippen LogP contribution in [-0.4, -0.2) is 32.2 Å². The normalized spacial score (nSPS) is 11.1. The molecular weight excluding hydrogens is 333 g/mol. The fourth-order valence-electron chi connectivity index (χ4n) is 1.94. The molecule has 0 aliphatic heterocycles. The number of hydrogen-bond acceptors (Lipinski definition) is 4. The van der Waals surface area contributed by atoms with Crippen molar-refractivity contribution in [3.63, 3.8) is 0 Å². The number of sulfonamides is 1. The van der Waals surface area contributed by atoms with Gasteiger partial charge in [-0.1, -0.05) is 6.07 Å². The zero-order chi connectivity index (χ0) is 17.7. The van der Waals surface area contributed by atoms with Crippen LogP contribution in [0.2, 0.25) is 0 Å². The number of nitriles is 1. The molecule has 0 bridgehead atoms. The number of nitrogens with zero attached hydrogens (tertiary/aromatic N) is 2. The van der Waals surface area contributed by atoms with Crippen LogP contribution in [0, 0.1) is 17.1 Å². The molecule has 0 atom stereocenters. The first-order chi connectivity index (χ1) is 11.3. The second kappa shape index (κ2) is 7.21. The molecule has 0 aliphatic carbocycles. The average Bonchev–Trinajstić information content (AvgIpc) is 2.55. The van der Waals surface area contributed by atoms with Gasteiger partial charge in [-0.15, -0.1) is 0 Å². The predicted octanol–water partition coefficient (Wildman–Crippen LogP) is 1.96. The molecular formula is C16H14FN3O3S. The van der Waals surface area contributed by atoms with Gasteiger partial charge in [-0.25, -0.2) is 12.8 Å². The molecule has 0 unspecified atom stereocenters. The Labute approximate surface area is 139 Å². The lowest BCUT2D eigenvalue weighted by atomic mass is 10.2. The van der Waals surface area contributed by atoms with Crippen LogP contribution < -0.4 is 5.32 Å². The van der Waals surface area contributed by atoms with Gasteiger partial charge in [0.15, 0.2) is 0 Å². The molecule has 0 saturated carbocycles. The van der Waals surface area contributed by atoms with Crippen molar-refractivity contribution in [1.29, 1.82) is 5.26 Å². The highest BCUT2D eigenvalue weighted by molar-refractivity contribution is 7.89. The Morgan fingerprint density at radius 1 is 1.25 bits per heavy atom. The van der Waals surface area contributed by atoms with Gasteiger partial charge < -0.3 is 5.32 Å². The molecule has 0 aromatic heterocycles. The van der Waals surface area contributed by atoms with E-state index in [1.165, 1.54) is 13.1 Å². The van der Waals surface area contributed by atoms with E-state index in [1.807, 2.05) is 6.07 Å². The van der Waals surface area contributed by atoms with E-state index in [2.05, 4.69) is 5.32 Å². The van der Waals surface area contributed by atoms with Crippen molar-refractivity contribution in [1.82, 2.24) is 4.31 Å². The third-order valence-corrected chi connectivity index (χ3v) is 4.98. The van der Waals surface area contributed by atoms with E-state index in [4.69, 9.17) is 5.26 Å². The Morgan fingerprint density at radius 2 is 1.92 bits per heavy atom. The van der Waals surface area contributed by atoms with Gasteiger partial charge in [-0.2, -0.15) is 9.57 Å². The quantitative estimate of drug-likeness (QED) is 0.895. The molecule has 6 nitrogen and oxygen atoms in total. The number of anilines is 1. The molecule has 124 valence electrons. The summed E-state index contributed by atoms with van der Waals surface area (Å²) >= 11 is 0. The van der Waals surface area contributed by atoms with Crippen molar-refractivity contribution in [2.45, 2.75) is 4.90 Å². The predicted molar refractivity (Wildman–Crippen MR) is 86.0 cm³/mol. The summed E-state index contributed by atoms with van der Waals surface area (Å²) in [6.07, 6.45) is 0. The van der Waals surface area contributed by atoms with Crippen LogP contribution in [0.4, 0.5) is 10.1 Å². The van der Waals surface area contributed by atoms with Crippen LogP contribution in [0.15, 0.2) is 53.4 Å². The van der Waals surface area contributed by atoms with Gasteiger partial charge in [0.2, 0.25) is 15.9 Å². The van der Waals surface area contributed by atoms with Crippen molar-refractivity contribution in [3.05, 3.63) is 59.9 Å². The summed E-state index contributed by atoms with van der Waals surface area (Å²) in [6, 6.07) is 12.5. The first kappa shape index (κ1) is 17.6. The van der Waals surface area contributed by atoms with E-state index < -0.39 is 28.3 Å². The van der Waals surface area contributed by atoms with E-state index >= 15 is 0 Å². The van der Waals surface area contributed by atoms with Crippen molar-refractivity contribution < 1.29 is 17.6 Å². The second-order valence-electron chi connectivity index (χ2n) is 4.96. The SMILES string of the molecule is CN(CC(=O)Nc1cccc(C#N)c1)S(=O)(=O)c1ccc(F)cc1. The van der Waals surface area contributed by atoms with Crippen LogP contribution in [0.5, 0.6) is 0 Å². The minimum atomic E-state index is -3.90. The number of halogens is 1. The van der Waals surface area contributed by atoms with E-state index in [1.54, 1.807) is 18.2 Å². The summed E-state index contributed by atoms with van der Waals surface area (Å²) in [5.74, 6) is -1.11. The zero-order valence-corrected chi connectivity index (χ0v) is 13.5. The monoisotopic (exact) mass is 347 g/mol. The minimum Gasteiger partial charge on any atom is -0.325 e. The number of nitrogens with one attached hydrogen (secondary N) is 1.